The van der Waals surface area contributed by atoms with E-state index in [1.54, 1.807) is 6.07 Å². The zero-order chi connectivity index (χ0) is 19.5. The second-order valence-electron chi connectivity index (χ2n) is 6.78. The van der Waals surface area contributed by atoms with Crippen LogP contribution in [0.4, 0.5) is 10.1 Å². The van der Waals surface area contributed by atoms with Crippen molar-refractivity contribution in [1.29, 1.82) is 0 Å². The van der Waals surface area contributed by atoms with Crippen molar-refractivity contribution >= 4 is 11.6 Å². The van der Waals surface area contributed by atoms with Crippen LogP contribution in [0.25, 0.3) is 22.5 Å². The van der Waals surface area contributed by atoms with E-state index in [2.05, 4.69) is 15.5 Å². The second-order valence-corrected chi connectivity index (χ2v) is 6.78. The molecular formula is C21H20FN3O3. The number of ether oxygens (including phenoxy) is 1. The normalized spacial score (nSPS) is 14.8. The molecule has 1 aliphatic heterocycles. The molecule has 4 rings (SSSR count). The molecule has 0 saturated carbocycles. The standard InChI is InChI=1S/C21H20FN3O3/c22-15-3-6-20(26)17(11-15)19-12-18(24-25-19)13-1-4-16(5-2-13)23-21(27)14-7-9-28-10-8-14/h1-6,11-12,14,26H,7-10H2,(H,23,27)(H,24,25). The number of aromatic nitrogens is 2. The summed E-state index contributed by atoms with van der Waals surface area (Å²) < 4.78 is 18.7. The van der Waals surface area contributed by atoms with Gasteiger partial charge in [-0.3, -0.25) is 9.89 Å². The van der Waals surface area contributed by atoms with E-state index >= 15 is 0 Å². The monoisotopic (exact) mass is 381 g/mol. The highest BCUT2D eigenvalue weighted by molar-refractivity contribution is 5.92. The molecule has 0 bridgehead atoms. The van der Waals surface area contributed by atoms with E-state index in [0.717, 1.165) is 29.8 Å². The Morgan fingerprint density at radius 3 is 2.64 bits per heavy atom. The number of hydrogen-bond donors (Lipinski definition) is 3. The Bertz CT molecular complexity index is 979. The summed E-state index contributed by atoms with van der Waals surface area (Å²) in [5.41, 5.74) is 3.08. The van der Waals surface area contributed by atoms with Gasteiger partial charge < -0.3 is 15.2 Å². The molecule has 0 spiro atoms. The van der Waals surface area contributed by atoms with Gasteiger partial charge in [-0.05, 0) is 54.8 Å². The van der Waals surface area contributed by atoms with Gasteiger partial charge in [-0.1, -0.05) is 12.1 Å². The molecule has 144 valence electrons. The van der Waals surface area contributed by atoms with Gasteiger partial charge >= 0.3 is 0 Å². The highest BCUT2D eigenvalue weighted by Crippen LogP contribution is 2.31. The molecule has 0 aliphatic carbocycles. The third-order valence-electron chi connectivity index (χ3n) is 4.87. The molecule has 28 heavy (non-hydrogen) atoms. The van der Waals surface area contributed by atoms with E-state index in [4.69, 9.17) is 4.74 Å². The van der Waals surface area contributed by atoms with Crippen LogP contribution in [-0.2, 0) is 9.53 Å². The number of nitrogens with one attached hydrogen (secondary N) is 2. The maximum atomic E-state index is 13.5. The maximum Gasteiger partial charge on any atom is 0.227 e. The molecular weight excluding hydrogens is 361 g/mol. The Labute approximate surface area is 161 Å². The number of rotatable bonds is 4. The number of phenols is 1. The van der Waals surface area contributed by atoms with E-state index in [9.17, 15) is 14.3 Å². The number of halogens is 1. The topological polar surface area (TPSA) is 87.2 Å². The number of hydrogen-bond acceptors (Lipinski definition) is 4. The molecule has 7 heteroatoms. The molecule has 3 N–H and O–H groups in total. The number of aromatic amines is 1. The van der Waals surface area contributed by atoms with Crippen LogP contribution in [0, 0.1) is 11.7 Å². The Balaban J connectivity index is 1.48. The summed E-state index contributed by atoms with van der Waals surface area (Å²) in [7, 11) is 0. The molecule has 2 aromatic carbocycles. The van der Waals surface area contributed by atoms with Crippen molar-refractivity contribution in [1.82, 2.24) is 10.2 Å². The Morgan fingerprint density at radius 2 is 1.89 bits per heavy atom. The summed E-state index contributed by atoms with van der Waals surface area (Å²) in [6, 6.07) is 12.9. The molecule has 1 fully saturated rings. The average molecular weight is 381 g/mol. The summed E-state index contributed by atoms with van der Waals surface area (Å²) >= 11 is 0. The third-order valence-corrected chi connectivity index (χ3v) is 4.87. The quantitative estimate of drug-likeness (QED) is 0.639. The van der Waals surface area contributed by atoms with Crippen molar-refractivity contribution < 1.29 is 19.0 Å². The van der Waals surface area contributed by atoms with Crippen LogP contribution < -0.4 is 5.32 Å². The van der Waals surface area contributed by atoms with Crippen LogP contribution in [0.2, 0.25) is 0 Å². The molecule has 2 heterocycles. The second kappa shape index (κ2) is 7.82. The van der Waals surface area contributed by atoms with E-state index < -0.39 is 5.82 Å². The van der Waals surface area contributed by atoms with Crippen molar-refractivity contribution in [3.8, 4) is 28.3 Å². The van der Waals surface area contributed by atoms with Crippen LogP contribution in [0.5, 0.6) is 5.75 Å². The maximum absolute atomic E-state index is 13.5. The van der Waals surface area contributed by atoms with Gasteiger partial charge in [-0.25, -0.2) is 4.39 Å². The number of nitrogens with zero attached hydrogens (tertiary/aromatic N) is 1. The molecule has 6 nitrogen and oxygen atoms in total. The van der Waals surface area contributed by atoms with Crippen molar-refractivity contribution in [3.63, 3.8) is 0 Å². The first kappa shape index (κ1) is 18.2. The van der Waals surface area contributed by atoms with E-state index in [1.807, 2.05) is 24.3 Å². The zero-order valence-electron chi connectivity index (χ0n) is 15.1. The fourth-order valence-corrected chi connectivity index (χ4v) is 3.26. The Kier molecular flexibility index (Phi) is 5.08. The predicted octanol–water partition coefficient (Wildman–Crippen LogP) is 3.95. The Morgan fingerprint density at radius 1 is 1.14 bits per heavy atom. The van der Waals surface area contributed by atoms with Crippen LogP contribution in [0.1, 0.15) is 12.8 Å². The first-order chi connectivity index (χ1) is 13.6. The van der Waals surface area contributed by atoms with Gasteiger partial charge in [0.1, 0.15) is 11.6 Å². The van der Waals surface area contributed by atoms with Crippen LogP contribution in [0.3, 0.4) is 0 Å². The zero-order valence-corrected chi connectivity index (χ0v) is 15.1. The van der Waals surface area contributed by atoms with Crippen molar-refractivity contribution in [2.45, 2.75) is 12.8 Å². The molecule has 3 aromatic rings. The molecule has 1 aliphatic rings. The summed E-state index contributed by atoms with van der Waals surface area (Å²) in [5, 5.41) is 19.9. The SMILES string of the molecule is O=C(Nc1ccc(-c2cc(-c3cc(F)ccc3O)n[nH]2)cc1)C1CCOCC1. The number of carbonyl (C=O) groups excluding carboxylic acids is 1. The number of aromatic hydroxyl groups is 1. The van der Waals surface area contributed by atoms with Crippen molar-refractivity contribution in [2.75, 3.05) is 18.5 Å². The number of anilines is 1. The molecule has 1 aromatic heterocycles. The van der Waals surface area contributed by atoms with Gasteiger partial charge in [0.15, 0.2) is 0 Å². The lowest BCUT2D eigenvalue weighted by Crippen LogP contribution is -2.28. The number of H-pyrrole nitrogens is 1. The lowest BCUT2D eigenvalue weighted by Gasteiger charge is -2.21. The molecule has 0 unspecified atom stereocenters. The molecule has 1 amide bonds. The average Bonchev–Trinajstić information content (AvgIpc) is 3.21. The highest BCUT2D eigenvalue weighted by atomic mass is 19.1. The summed E-state index contributed by atoms with van der Waals surface area (Å²) in [4.78, 5) is 12.3. The fraction of sp³-hybridized carbons (Fsp3) is 0.238. The highest BCUT2D eigenvalue weighted by Gasteiger charge is 2.21. The van der Waals surface area contributed by atoms with E-state index in [0.29, 0.717) is 24.5 Å². The summed E-state index contributed by atoms with van der Waals surface area (Å²) in [5.74, 6) is -0.475. The van der Waals surface area contributed by atoms with Gasteiger partial charge in [0.25, 0.3) is 0 Å². The molecule has 0 atom stereocenters. The minimum atomic E-state index is -0.443. The summed E-state index contributed by atoms with van der Waals surface area (Å²) in [6.07, 6.45) is 1.49. The number of phenolic OH excluding ortho intramolecular Hbond substituents is 1. The first-order valence-corrected chi connectivity index (χ1v) is 9.13. The number of benzene rings is 2. The first-order valence-electron chi connectivity index (χ1n) is 9.13. The van der Waals surface area contributed by atoms with Crippen molar-refractivity contribution in [2.24, 2.45) is 5.92 Å². The van der Waals surface area contributed by atoms with Gasteiger partial charge in [0, 0.05) is 30.4 Å². The van der Waals surface area contributed by atoms with E-state index in [1.165, 1.54) is 18.2 Å². The van der Waals surface area contributed by atoms with Gasteiger partial charge in [0.05, 0.1) is 11.4 Å². The van der Waals surface area contributed by atoms with Gasteiger partial charge in [-0.2, -0.15) is 5.10 Å². The smallest absolute Gasteiger partial charge is 0.227 e. The minimum Gasteiger partial charge on any atom is -0.507 e. The van der Waals surface area contributed by atoms with E-state index in [-0.39, 0.29) is 17.6 Å². The lowest BCUT2D eigenvalue weighted by molar-refractivity contribution is -0.122. The van der Waals surface area contributed by atoms with Crippen LogP contribution >= 0.6 is 0 Å². The van der Waals surface area contributed by atoms with Crippen LogP contribution in [0.15, 0.2) is 48.5 Å². The largest absolute Gasteiger partial charge is 0.507 e. The molecule has 1 saturated heterocycles. The molecule has 0 radical (unpaired) electrons. The Hall–Kier alpha value is -3.19. The minimum absolute atomic E-state index is 0.0115. The van der Waals surface area contributed by atoms with Gasteiger partial charge in [-0.15, -0.1) is 0 Å². The predicted molar refractivity (Wildman–Crippen MR) is 103 cm³/mol. The lowest BCUT2D eigenvalue weighted by atomic mass is 9.99. The van der Waals surface area contributed by atoms with Crippen molar-refractivity contribution in [3.05, 3.63) is 54.3 Å². The number of amides is 1. The fourth-order valence-electron chi connectivity index (χ4n) is 3.26. The summed E-state index contributed by atoms with van der Waals surface area (Å²) in [6.45, 7) is 1.25. The van der Waals surface area contributed by atoms with Crippen LogP contribution in [-0.4, -0.2) is 34.4 Å². The third kappa shape index (κ3) is 3.89. The van der Waals surface area contributed by atoms with Gasteiger partial charge in [0.2, 0.25) is 5.91 Å². The number of carbonyl (C=O) groups is 1.